The van der Waals surface area contributed by atoms with Gasteiger partial charge in [0.1, 0.15) is 6.17 Å². The number of hydrogen-bond acceptors (Lipinski definition) is 5. The molecule has 0 aromatic rings. The summed E-state index contributed by atoms with van der Waals surface area (Å²) in [6, 6.07) is -0.546. The van der Waals surface area contributed by atoms with Crippen LogP contribution < -0.4 is 5.32 Å². The van der Waals surface area contributed by atoms with E-state index in [-0.39, 0.29) is 60.3 Å². The Hall–Kier alpha value is -0.190. The third-order valence-electron chi connectivity index (χ3n) is 7.97. The van der Waals surface area contributed by atoms with Crippen LogP contribution >= 0.6 is 23.2 Å². The second-order valence-electron chi connectivity index (χ2n) is 10.3. The zero-order chi connectivity index (χ0) is 24.5. The number of carbonyl (C=O) groups is 1. The molecule has 0 spiro atoms. The van der Waals surface area contributed by atoms with Crippen molar-refractivity contribution in [1.29, 1.82) is 0 Å². The Morgan fingerprint density at radius 2 is 1.76 bits per heavy atom. The second kappa shape index (κ2) is 11.5. The lowest BCUT2D eigenvalue weighted by atomic mass is 9.84. The van der Waals surface area contributed by atoms with Crippen molar-refractivity contribution >= 4 is 39.1 Å². The van der Waals surface area contributed by atoms with Crippen molar-refractivity contribution in [2.45, 2.75) is 111 Å². The molecule has 4 aliphatic rings. The van der Waals surface area contributed by atoms with Gasteiger partial charge in [-0.05, 0) is 57.8 Å². The molecule has 1 heterocycles. The van der Waals surface area contributed by atoms with Crippen molar-refractivity contribution in [3.05, 3.63) is 0 Å². The maximum Gasteiger partial charge on any atom is 0.226 e. The van der Waals surface area contributed by atoms with Gasteiger partial charge in [-0.25, -0.2) is 12.8 Å². The molecule has 1 aliphatic heterocycles. The highest BCUT2D eigenvalue weighted by atomic mass is 35.5. The number of nitrogens with one attached hydrogen (secondary N) is 1. The van der Waals surface area contributed by atoms with Crippen molar-refractivity contribution in [1.82, 2.24) is 9.62 Å². The van der Waals surface area contributed by atoms with Crippen molar-refractivity contribution in [2.75, 3.05) is 20.3 Å². The summed E-state index contributed by atoms with van der Waals surface area (Å²) >= 11 is 12.9. The molecule has 7 nitrogen and oxygen atoms in total. The van der Waals surface area contributed by atoms with Crippen molar-refractivity contribution in [3.8, 4) is 0 Å². The quantitative estimate of drug-likeness (QED) is 0.520. The smallest absolute Gasteiger partial charge is 0.226 e. The van der Waals surface area contributed by atoms with Gasteiger partial charge in [-0.2, -0.15) is 4.31 Å². The van der Waals surface area contributed by atoms with E-state index in [1.165, 1.54) is 0 Å². The van der Waals surface area contributed by atoms with E-state index in [1.807, 2.05) is 0 Å². The van der Waals surface area contributed by atoms with Crippen LogP contribution in [0.25, 0.3) is 0 Å². The minimum Gasteiger partial charge on any atom is -0.382 e. The van der Waals surface area contributed by atoms with Crippen LogP contribution in [0.1, 0.15) is 64.2 Å². The summed E-state index contributed by atoms with van der Waals surface area (Å²) in [5, 5.41) is 1.96. The van der Waals surface area contributed by atoms with E-state index >= 15 is 0 Å². The van der Waals surface area contributed by atoms with Gasteiger partial charge in [0, 0.05) is 30.5 Å². The Kier molecular flexibility index (Phi) is 9.06. The molecule has 6 atom stereocenters. The van der Waals surface area contributed by atoms with Crippen LogP contribution in [0.4, 0.5) is 4.39 Å². The van der Waals surface area contributed by atoms with Crippen LogP contribution in [0, 0.1) is 5.92 Å². The molecule has 4 fully saturated rings. The fraction of sp³-hybridized carbons (Fsp3) is 0.957. The molecule has 4 rings (SSSR count). The first-order valence-electron chi connectivity index (χ1n) is 12.6. The lowest BCUT2D eigenvalue weighted by molar-refractivity contribution is -0.136. The summed E-state index contributed by atoms with van der Waals surface area (Å²) in [7, 11) is -2.07. The lowest BCUT2D eigenvalue weighted by Gasteiger charge is -2.49. The number of rotatable bonds is 6. The molecule has 1 saturated heterocycles. The van der Waals surface area contributed by atoms with E-state index in [1.54, 1.807) is 11.4 Å². The Balaban J connectivity index is 1.48. The van der Waals surface area contributed by atoms with Gasteiger partial charge in [0.25, 0.3) is 0 Å². The summed E-state index contributed by atoms with van der Waals surface area (Å²) in [6.07, 6.45) is 3.95. The molecule has 0 radical (unpaired) electrons. The summed E-state index contributed by atoms with van der Waals surface area (Å²) in [5.74, 6) is -0.591. The summed E-state index contributed by atoms with van der Waals surface area (Å²) in [5.41, 5.74) is 0. The molecule has 0 bridgehead atoms. The molecule has 196 valence electrons. The number of hydrogen-bond donors (Lipinski definition) is 1. The summed E-state index contributed by atoms with van der Waals surface area (Å²) < 4.78 is 54.2. The van der Waals surface area contributed by atoms with Gasteiger partial charge < -0.3 is 14.8 Å². The molecule has 0 aromatic heterocycles. The molecular formula is C23H37Cl2FN2O5S. The molecule has 6 unspecified atom stereocenters. The van der Waals surface area contributed by atoms with Crippen molar-refractivity contribution in [3.63, 3.8) is 0 Å². The molecule has 0 aromatic carbocycles. The average molecular weight is 544 g/mol. The number of alkyl halides is 3. The predicted octanol–water partition coefficient (Wildman–Crippen LogP) is 3.36. The minimum absolute atomic E-state index is 0.146. The normalized spacial score (nSPS) is 42.1. The number of fused-ring (bicyclic) bond motifs is 1. The van der Waals surface area contributed by atoms with Gasteiger partial charge in [-0.15, -0.1) is 23.2 Å². The Bertz CT molecular complexity index is 803. The summed E-state index contributed by atoms with van der Waals surface area (Å²) in [4.78, 5) is 13.0. The third-order valence-corrected chi connectivity index (χ3v) is 11.3. The zero-order valence-corrected chi connectivity index (χ0v) is 22.0. The Labute approximate surface area is 212 Å². The van der Waals surface area contributed by atoms with E-state index in [4.69, 9.17) is 32.7 Å². The van der Waals surface area contributed by atoms with Gasteiger partial charge >= 0.3 is 0 Å². The largest absolute Gasteiger partial charge is 0.382 e. The fourth-order valence-corrected chi connectivity index (χ4v) is 9.33. The molecule has 1 amide bonds. The number of methoxy groups -OCH3 is 1. The molecule has 11 heteroatoms. The van der Waals surface area contributed by atoms with E-state index in [0.29, 0.717) is 38.7 Å². The highest BCUT2D eigenvalue weighted by molar-refractivity contribution is 7.89. The predicted molar refractivity (Wildman–Crippen MR) is 130 cm³/mol. The van der Waals surface area contributed by atoms with Gasteiger partial charge in [0.05, 0.1) is 36.0 Å². The maximum atomic E-state index is 13.7. The van der Waals surface area contributed by atoms with Crippen LogP contribution in [0.3, 0.4) is 0 Å². The van der Waals surface area contributed by atoms with Gasteiger partial charge in [0.2, 0.25) is 15.9 Å². The number of halogens is 3. The standard InChI is InChI=1S/C23H37Cl2FN2O5S/c1-32-13-16-12-28(34(30,31)17-8-5-14(26)6-9-17)20-11-15(7-10-21(20)33-16)27-23(29)22-18(24)3-2-4-19(22)25/h14-22H,2-13H2,1H3,(H,27,29). The van der Waals surface area contributed by atoms with Crippen LogP contribution in [-0.4, -0.2) is 85.4 Å². The van der Waals surface area contributed by atoms with Crippen molar-refractivity contribution in [2.24, 2.45) is 5.92 Å². The van der Waals surface area contributed by atoms with Crippen molar-refractivity contribution < 1.29 is 27.1 Å². The van der Waals surface area contributed by atoms with E-state index in [0.717, 1.165) is 19.3 Å². The monoisotopic (exact) mass is 542 g/mol. The van der Waals surface area contributed by atoms with Crippen LogP contribution in [0.5, 0.6) is 0 Å². The molecule has 3 aliphatic carbocycles. The Morgan fingerprint density at radius 3 is 2.41 bits per heavy atom. The number of nitrogens with zero attached hydrogens (tertiary/aromatic N) is 1. The van der Waals surface area contributed by atoms with E-state index in [9.17, 15) is 17.6 Å². The number of carbonyl (C=O) groups excluding carboxylic acids is 1. The fourth-order valence-electron chi connectivity index (χ4n) is 6.14. The number of amides is 1. The highest BCUT2D eigenvalue weighted by Gasteiger charge is 2.49. The lowest BCUT2D eigenvalue weighted by Crippen LogP contribution is -2.63. The first kappa shape index (κ1) is 26.9. The number of sulfonamides is 1. The Morgan fingerprint density at radius 1 is 1.09 bits per heavy atom. The first-order chi connectivity index (χ1) is 16.2. The van der Waals surface area contributed by atoms with Gasteiger partial charge in [0.15, 0.2) is 0 Å². The zero-order valence-electron chi connectivity index (χ0n) is 19.7. The average Bonchev–Trinajstić information content (AvgIpc) is 2.79. The highest BCUT2D eigenvalue weighted by Crippen LogP contribution is 2.38. The molecular weight excluding hydrogens is 506 g/mol. The van der Waals surface area contributed by atoms with E-state index in [2.05, 4.69) is 5.32 Å². The van der Waals surface area contributed by atoms with Crippen LogP contribution in [0.15, 0.2) is 0 Å². The van der Waals surface area contributed by atoms with Gasteiger partial charge in [-0.1, -0.05) is 6.42 Å². The summed E-state index contributed by atoms with van der Waals surface area (Å²) in [6.45, 7) is 0.520. The maximum absolute atomic E-state index is 13.7. The van der Waals surface area contributed by atoms with Gasteiger partial charge in [-0.3, -0.25) is 4.79 Å². The number of morpholine rings is 1. The topological polar surface area (TPSA) is 84.9 Å². The SMILES string of the molecule is COCC1CN(S(=O)(=O)C2CCC(F)CC2)C2CC(NC(=O)C3C(Cl)CCCC3Cl)CCC2O1. The minimum atomic E-state index is -3.64. The molecule has 34 heavy (non-hydrogen) atoms. The number of ether oxygens (including phenoxy) is 2. The van der Waals surface area contributed by atoms with E-state index < -0.39 is 27.4 Å². The molecule has 1 N–H and O–H groups in total. The third kappa shape index (κ3) is 5.86. The second-order valence-corrected chi connectivity index (χ2v) is 13.6. The first-order valence-corrected chi connectivity index (χ1v) is 15.0. The van der Waals surface area contributed by atoms with Crippen LogP contribution in [0.2, 0.25) is 0 Å². The van der Waals surface area contributed by atoms with Crippen LogP contribution in [-0.2, 0) is 24.3 Å². The molecule has 3 saturated carbocycles.